The molecule has 1 fully saturated rings. The maximum Gasteiger partial charge on any atom is 0.139 e. The molecule has 3 aliphatic rings. The normalized spacial score (nSPS) is 30.4. The third-order valence-corrected chi connectivity index (χ3v) is 5.67. The highest BCUT2D eigenvalue weighted by Gasteiger charge is 2.50. The van der Waals surface area contributed by atoms with E-state index in [9.17, 15) is 4.79 Å². The van der Waals surface area contributed by atoms with Crippen LogP contribution in [0.25, 0.3) is 5.57 Å². The Morgan fingerprint density at radius 3 is 3.00 bits per heavy atom. The van der Waals surface area contributed by atoms with Crippen molar-refractivity contribution in [2.24, 2.45) is 11.3 Å². The minimum Gasteiger partial charge on any atom is -0.497 e. The van der Waals surface area contributed by atoms with Crippen molar-refractivity contribution in [3.8, 4) is 11.5 Å². The molecule has 0 unspecified atom stereocenters. The minimum absolute atomic E-state index is 0.147. The van der Waals surface area contributed by atoms with Crippen LogP contribution in [0, 0.1) is 11.3 Å². The summed E-state index contributed by atoms with van der Waals surface area (Å²) in [7, 11) is 1.67. The van der Waals surface area contributed by atoms with Crippen molar-refractivity contribution in [1.29, 1.82) is 0 Å². The second kappa shape index (κ2) is 4.36. The van der Waals surface area contributed by atoms with E-state index in [2.05, 4.69) is 13.0 Å². The molecule has 1 aliphatic heterocycles. The lowest BCUT2D eigenvalue weighted by molar-refractivity contribution is -0.126. The van der Waals surface area contributed by atoms with Gasteiger partial charge in [0, 0.05) is 23.5 Å². The molecule has 1 saturated carbocycles. The predicted molar refractivity (Wildman–Crippen MR) is 80.5 cm³/mol. The summed E-state index contributed by atoms with van der Waals surface area (Å²) >= 11 is 0. The quantitative estimate of drug-likeness (QED) is 0.790. The largest absolute Gasteiger partial charge is 0.497 e. The summed E-state index contributed by atoms with van der Waals surface area (Å²) in [5.41, 5.74) is 3.83. The Kier molecular flexibility index (Phi) is 2.69. The topological polar surface area (TPSA) is 35.5 Å². The van der Waals surface area contributed by atoms with Crippen molar-refractivity contribution < 1.29 is 14.3 Å². The molecule has 2 atom stereocenters. The maximum absolute atomic E-state index is 12.3. The molecule has 0 bridgehead atoms. The minimum atomic E-state index is -0.147. The third kappa shape index (κ3) is 1.69. The van der Waals surface area contributed by atoms with Gasteiger partial charge in [0.15, 0.2) is 0 Å². The van der Waals surface area contributed by atoms with Gasteiger partial charge >= 0.3 is 0 Å². The molecule has 0 N–H and O–H groups in total. The first-order valence-corrected chi connectivity index (χ1v) is 7.70. The number of rotatable bonds is 1. The zero-order valence-corrected chi connectivity index (χ0v) is 12.6. The average Bonchev–Trinajstić information content (AvgIpc) is 2.82. The number of allylic oxidation sites excluding steroid dienone is 1. The van der Waals surface area contributed by atoms with Gasteiger partial charge in [-0.3, -0.25) is 4.79 Å². The van der Waals surface area contributed by atoms with E-state index in [-0.39, 0.29) is 5.41 Å². The van der Waals surface area contributed by atoms with E-state index in [4.69, 9.17) is 9.47 Å². The third-order valence-electron chi connectivity index (χ3n) is 5.67. The van der Waals surface area contributed by atoms with Crippen LogP contribution in [0.15, 0.2) is 23.8 Å². The Labute approximate surface area is 124 Å². The van der Waals surface area contributed by atoms with Crippen LogP contribution in [0.3, 0.4) is 0 Å². The monoisotopic (exact) mass is 284 g/mol. The van der Waals surface area contributed by atoms with E-state index in [0.717, 1.165) is 37.2 Å². The van der Waals surface area contributed by atoms with E-state index in [1.807, 2.05) is 12.1 Å². The van der Waals surface area contributed by atoms with Crippen molar-refractivity contribution in [2.45, 2.75) is 32.6 Å². The van der Waals surface area contributed by atoms with Gasteiger partial charge in [0.2, 0.25) is 0 Å². The first-order chi connectivity index (χ1) is 10.1. The highest BCUT2D eigenvalue weighted by Crippen LogP contribution is 2.56. The average molecular weight is 284 g/mol. The zero-order valence-electron chi connectivity index (χ0n) is 12.6. The molecule has 1 aromatic rings. The van der Waals surface area contributed by atoms with Crippen molar-refractivity contribution in [2.75, 3.05) is 13.7 Å². The van der Waals surface area contributed by atoms with Crippen LogP contribution in [-0.4, -0.2) is 19.5 Å². The fourth-order valence-electron chi connectivity index (χ4n) is 4.35. The summed E-state index contributed by atoms with van der Waals surface area (Å²) in [5.74, 6) is 2.57. The highest BCUT2D eigenvalue weighted by atomic mass is 16.5. The summed E-state index contributed by atoms with van der Waals surface area (Å²) in [6.45, 7) is 2.78. The summed E-state index contributed by atoms with van der Waals surface area (Å²) in [6, 6.07) is 6.06. The molecule has 21 heavy (non-hydrogen) atoms. The van der Waals surface area contributed by atoms with Gasteiger partial charge < -0.3 is 9.47 Å². The van der Waals surface area contributed by atoms with Gasteiger partial charge in [-0.05, 0) is 48.5 Å². The predicted octanol–water partition coefficient (Wildman–Crippen LogP) is 3.62. The van der Waals surface area contributed by atoms with Crippen LogP contribution in [0.4, 0.5) is 0 Å². The first-order valence-electron chi connectivity index (χ1n) is 7.70. The van der Waals surface area contributed by atoms with Gasteiger partial charge in [-0.1, -0.05) is 6.92 Å². The van der Waals surface area contributed by atoms with Gasteiger partial charge in [-0.15, -0.1) is 0 Å². The molecule has 0 aromatic heterocycles. The van der Waals surface area contributed by atoms with Gasteiger partial charge in [0.1, 0.15) is 23.9 Å². The Bertz CT molecular complexity index is 658. The number of fused-ring (bicyclic) bond motifs is 4. The smallest absolute Gasteiger partial charge is 0.139 e. The van der Waals surface area contributed by atoms with Gasteiger partial charge in [-0.2, -0.15) is 0 Å². The van der Waals surface area contributed by atoms with E-state index in [1.54, 1.807) is 7.11 Å². The molecule has 2 aliphatic carbocycles. The Morgan fingerprint density at radius 1 is 1.33 bits per heavy atom. The lowest BCUT2D eigenvalue weighted by atomic mass is 9.65. The SMILES string of the molecule is COc1ccc2c(c1)OCC1=C2CC[C@]2(C)C(=O)CC[C@@H]12. The van der Waals surface area contributed by atoms with E-state index in [1.165, 1.54) is 16.7 Å². The number of methoxy groups -OCH3 is 1. The van der Waals surface area contributed by atoms with Gasteiger partial charge in [-0.25, -0.2) is 0 Å². The fourth-order valence-corrected chi connectivity index (χ4v) is 4.35. The number of hydrogen-bond donors (Lipinski definition) is 0. The number of ketones is 1. The molecular weight excluding hydrogens is 264 g/mol. The van der Waals surface area contributed by atoms with Crippen LogP contribution in [-0.2, 0) is 4.79 Å². The summed E-state index contributed by atoms with van der Waals surface area (Å²) in [6.07, 6.45) is 3.67. The standard InChI is InChI=1S/C18H20O3/c1-18-8-7-12-13-4-3-11(20-2)9-16(13)21-10-14(12)15(18)5-6-17(18)19/h3-4,9,15H,5-8,10H2,1-2H3/t15-,18-/m0/s1. The van der Waals surface area contributed by atoms with Crippen molar-refractivity contribution in [3.63, 3.8) is 0 Å². The molecule has 4 rings (SSSR count). The summed E-state index contributed by atoms with van der Waals surface area (Å²) < 4.78 is 11.2. The lowest BCUT2D eigenvalue weighted by Crippen LogP contribution is -2.36. The number of hydrogen-bond acceptors (Lipinski definition) is 3. The van der Waals surface area contributed by atoms with Crippen LogP contribution in [0.5, 0.6) is 11.5 Å². The second-order valence-electron chi connectivity index (χ2n) is 6.59. The number of Topliss-reactive ketones (excluding diaryl/α,β-unsaturated/α-hetero) is 1. The number of carbonyl (C=O) groups excluding carboxylic acids is 1. The lowest BCUT2D eigenvalue weighted by Gasteiger charge is -2.40. The number of benzene rings is 1. The Balaban J connectivity index is 1.81. The Morgan fingerprint density at radius 2 is 2.19 bits per heavy atom. The fraction of sp³-hybridized carbons (Fsp3) is 0.500. The maximum atomic E-state index is 12.3. The summed E-state index contributed by atoms with van der Waals surface area (Å²) in [5, 5.41) is 0. The van der Waals surface area contributed by atoms with Gasteiger partial charge in [0.05, 0.1) is 7.11 Å². The molecule has 3 heteroatoms. The second-order valence-corrected chi connectivity index (χ2v) is 6.59. The summed E-state index contributed by atoms with van der Waals surface area (Å²) in [4.78, 5) is 12.3. The highest BCUT2D eigenvalue weighted by molar-refractivity contribution is 5.90. The molecule has 0 saturated heterocycles. The van der Waals surface area contributed by atoms with Gasteiger partial charge in [0.25, 0.3) is 0 Å². The first kappa shape index (κ1) is 12.9. The van der Waals surface area contributed by atoms with E-state index < -0.39 is 0 Å². The molecule has 1 heterocycles. The van der Waals surface area contributed by atoms with Crippen LogP contribution < -0.4 is 9.47 Å². The Hall–Kier alpha value is -1.77. The molecule has 110 valence electrons. The van der Waals surface area contributed by atoms with Crippen LogP contribution in [0.1, 0.15) is 38.2 Å². The molecule has 0 radical (unpaired) electrons. The van der Waals surface area contributed by atoms with Crippen LogP contribution in [0.2, 0.25) is 0 Å². The van der Waals surface area contributed by atoms with Crippen molar-refractivity contribution in [3.05, 3.63) is 29.3 Å². The number of ether oxygens (including phenoxy) is 2. The molecule has 3 nitrogen and oxygen atoms in total. The molecule has 0 spiro atoms. The van der Waals surface area contributed by atoms with E-state index >= 15 is 0 Å². The van der Waals surface area contributed by atoms with Crippen molar-refractivity contribution >= 4 is 11.4 Å². The van der Waals surface area contributed by atoms with E-state index in [0.29, 0.717) is 18.3 Å². The zero-order chi connectivity index (χ0) is 14.6. The molecular formula is C18H20O3. The van der Waals surface area contributed by atoms with Crippen molar-refractivity contribution in [1.82, 2.24) is 0 Å². The molecule has 1 aromatic carbocycles. The van der Waals surface area contributed by atoms with Crippen LogP contribution >= 0.6 is 0 Å². The number of carbonyl (C=O) groups is 1. The molecule has 0 amide bonds.